The molecule has 0 amide bonds. The zero-order valence-corrected chi connectivity index (χ0v) is 50.7. The van der Waals surface area contributed by atoms with Gasteiger partial charge in [-0.15, -0.1) is 0 Å². The van der Waals surface area contributed by atoms with Crippen molar-refractivity contribution in [2.75, 3.05) is 79.7 Å². The van der Waals surface area contributed by atoms with E-state index < -0.39 is 0 Å². The summed E-state index contributed by atoms with van der Waals surface area (Å²) in [5, 5.41) is 20.9. The van der Waals surface area contributed by atoms with E-state index in [1.807, 2.05) is 14.1 Å². The van der Waals surface area contributed by atoms with Crippen LogP contribution >= 0.6 is 37.9 Å². The third-order valence-electron chi connectivity index (χ3n) is 15.1. The Balaban J connectivity index is 0.000000203. The highest BCUT2D eigenvalue weighted by Crippen LogP contribution is 2.27. The molecule has 2 heterocycles. The lowest BCUT2D eigenvalue weighted by molar-refractivity contribution is 0.103. The number of likely N-dealkylation sites (N-methyl/N-ethyl adjacent to an activating group) is 1. The van der Waals surface area contributed by atoms with Crippen LogP contribution in [0.5, 0.6) is 0 Å². The lowest BCUT2D eigenvalue weighted by Gasteiger charge is -2.25. The van der Waals surface area contributed by atoms with E-state index in [4.69, 9.17) is 14.5 Å². The van der Waals surface area contributed by atoms with Gasteiger partial charge in [-0.1, -0.05) is 244 Å². The molecule has 0 unspecified atom stereocenters. The molecular weight excluding hydrogens is 1120 g/mol. The van der Waals surface area contributed by atoms with Crippen molar-refractivity contribution in [3.63, 3.8) is 0 Å². The molecule has 11 rings (SSSR count). The van der Waals surface area contributed by atoms with Gasteiger partial charge in [-0.3, -0.25) is 9.80 Å². The fourth-order valence-corrected chi connectivity index (χ4v) is 11.1. The lowest BCUT2D eigenvalue weighted by atomic mass is 9.96. The second kappa shape index (κ2) is 36.3. The third kappa shape index (κ3) is 19.3. The predicted molar refractivity (Wildman–Crippen MR) is 379 cm³/mol. The second-order valence-electron chi connectivity index (χ2n) is 21.2. The van der Waals surface area contributed by atoms with Crippen LogP contribution in [0.25, 0.3) is 32.3 Å². The first-order valence-corrected chi connectivity index (χ1v) is 31.0. The van der Waals surface area contributed by atoms with E-state index in [0.29, 0.717) is 19.8 Å². The number of benzene rings is 9. The quantitative estimate of drug-likeness (QED) is 0.0288. The van der Waals surface area contributed by atoms with E-state index >= 15 is 0 Å². The molecule has 9 aromatic rings. The van der Waals surface area contributed by atoms with Crippen LogP contribution in [0.2, 0.25) is 0 Å². The van der Waals surface area contributed by atoms with Gasteiger partial charge in [0.2, 0.25) is 0 Å². The molecule has 9 aromatic carbocycles. The molecular formula is C74H90N6O3S3. The molecule has 0 N–H and O–H groups in total. The topological polar surface area (TPSA) is 74.5 Å². The van der Waals surface area contributed by atoms with E-state index in [9.17, 15) is 0 Å². The van der Waals surface area contributed by atoms with Crippen molar-refractivity contribution in [1.82, 2.24) is 14.7 Å². The van der Waals surface area contributed by atoms with Gasteiger partial charge in [0.05, 0.1) is 0 Å². The highest BCUT2D eigenvalue weighted by Gasteiger charge is 2.17. The highest BCUT2D eigenvalue weighted by molar-refractivity contribution is 7.79. The molecule has 2 aliphatic rings. The number of hydrogen-bond donors (Lipinski definition) is 3. The molecule has 0 radical (unpaired) electrons. The van der Waals surface area contributed by atoms with Gasteiger partial charge in [-0.2, -0.15) is 37.9 Å². The molecule has 2 aliphatic heterocycles. The maximum Gasteiger partial charge on any atom is 0.129 e. The summed E-state index contributed by atoms with van der Waals surface area (Å²) in [6, 6.07) is 69.4. The summed E-state index contributed by atoms with van der Waals surface area (Å²) in [4.78, 5) is 24.3. The summed E-state index contributed by atoms with van der Waals surface area (Å²) in [7, 11) is 4.05. The maximum atomic E-state index is 5.84. The molecule has 0 bridgehead atoms. The third-order valence-corrected chi connectivity index (χ3v) is 16.2. The summed E-state index contributed by atoms with van der Waals surface area (Å²) >= 11 is 13.1. The Labute approximate surface area is 530 Å². The summed E-state index contributed by atoms with van der Waals surface area (Å²) in [5.41, 5.74) is 12.6. The molecule has 452 valence electrons. The van der Waals surface area contributed by atoms with Crippen LogP contribution in [0.3, 0.4) is 0 Å². The monoisotopic (exact) mass is 1210 g/mol. The van der Waals surface area contributed by atoms with E-state index in [-0.39, 0.29) is 22.3 Å². The maximum absolute atomic E-state index is 5.84. The van der Waals surface area contributed by atoms with Crippen LogP contribution in [-0.4, -0.2) is 112 Å². The summed E-state index contributed by atoms with van der Waals surface area (Å²) in [6.45, 7) is 9.18. The van der Waals surface area contributed by atoms with Crippen LogP contribution < -0.4 is 0 Å². The zero-order chi connectivity index (χ0) is 57.4. The number of oxime groups is 3. The second-order valence-corrected chi connectivity index (χ2v) is 22.2. The summed E-state index contributed by atoms with van der Waals surface area (Å²) in [6.07, 6.45) is 6.52. The number of rotatable bonds is 21. The van der Waals surface area contributed by atoms with Crippen molar-refractivity contribution in [3.05, 3.63) is 250 Å². The Hall–Kier alpha value is -6.90. The van der Waals surface area contributed by atoms with E-state index in [1.165, 1.54) is 107 Å². The van der Waals surface area contributed by atoms with Crippen molar-refractivity contribution in [1.29, 1.82) is 0 Å². The molecule has 2 fully saturated rings. The van der Waals surface area contributed by atoms with Crippen molar-refractivity contribution in [2.45, 2.75) is 71.6 Å². The number of piperidine rings is 1. The number of likely N-dealkylation sites (tertiary alicyclic amines) is 2. The van der Waals surface area contributed by atoms with Gasteiger partial charge in [0.25, 0.3) is 0 Å². The first-order valence-electron chi connectivity index (χ1n) is 29.1. The lowest BCUT2D eigenvalue weighted by Crippen LogP contribution is -2.32. The van der Waals surface area contributed by atoms with Gasteiger partial charge in [0, 0.05) is 70.3 Å². The molecule has 0 atom stereocenters. The summed E-state index contributed by atoms with van der Waals surface area (Å²) in [5.74, 6) is 2.18. The Kier molecular flexibility index (Phi) is 28.8. The van der Waals surface area contributed by atoms with Crippen molar-refractivity contribution < 1.29 is 14.5 Å². The van der Waals surface area contributed by atoms with Gasteiger partial charge in [0.15, 0.2) is 0 Å². The summed E-state index contributed by atoms with van der Waals surface area (Å²) < 4.78 is 0. The average Bonchev–Trinajstić information content (AvgIpc) is 1.60. The standard InChI is InChI=1S/C25H28N2OS.C24H26N2OS.C22H24N2OS.3CH4/c29-19-20-11-13-22(14-12-20)25(26-28-18-17-27-15-4-1-5-16-27)24-10-6-8-21-7-2-3-9-23(21)24;28-18-19-10-12-21(13-11-19)24(25-27-17-16-26-14-3-4-15-26)23-9-5-7-20-6-1-2-8-22(20)23;1-24(2)14-15-25-23-22(19-12-10-17(16-26)11-13-19)21-9-5-7-18-6-3-4-8-20(18)21;;;/h2-3,6-14,29H,1,4-5,15-19H2;1-2,5-13,28H,3-4,14-18H2;3-13,26H,14-16H2,1-2H3;3*1H4/b26-25-;25-24-;23-22-;;;. The molecule has 2 saturated heterocycles. The first kappa shape index (κ1) is 68.2. The molecule has 12 heteroatoms. The molecule has 0 aromatic heterocycles. The van der Waals surface area contributed by atoms with Gasteiger partial charge in [0.1, 0.15) is 37.0 Å². The Morgan fingerprint density at radius 2 is 0.663 bits per heavy atom. The van der Waals surface area contributed by atoms with Crippen LogP contribution in [0.4, 0.5) is 0 Å². The molecule has 0 saturated carbocycles. The predicted octanol–water partition coefficient (Wildman–Crippen LogP) is 17.2. The normalized spacial score (nSPS) is 13.8. The van der Waals surface area contributed by atoms with E-state index in [2.05, 4.69) is 268 Å². The number of nitrogens with zero attached hydrogens (tertiary/aromatic N) is 6. The van der Waals surface area contributed by atoms with Gasteiger partial charge < -0.3 is 19.4 Å². The fraction of sp³-hybridized carbons (Fsp3) is 0.311. The van der Waals surface area contributed by atoms with Crippen LogP contribution in [0, 0.1) is 0 Å². The number of thiol groups is 3. The minimum Gasteiger partial charge on any atom is -0.394 e. The minimum absolute atomic E-state index is 0. The highest BCUT2D eigenvalue weighted by atomic mass is 32.1. The van der Waals surface area contributed by atoms with E-state index in [1.54, 1.807) is 0 Å². The molecule has 9 nitrogen and oxygen atoms in total. The Morgan fingerprint density at radius 1 is 0.372 bits per heavy atom. The van der Waals surface area contributed by atoms with Crippen LogP contribution in [0.1, 0.15) is 104 Å². The Bertz CT molecular complexity index is 3530. The van der Waals surface area contributed by atoms with Crippen LogP contribution in [0.15, 0.2) is 216 Å². The number of fused-ring (bicyclic) bond motifs is 3. The first-order chi connectivity index (χ1) is 40.9. The molecule has 0 spiro atoms. The zero-order valence-electron chi connectivity index (χ0n) is 48.0. The Morgan fingerprint density at radius 3 is 0.977 bits per heavy atom. The van der Waals surface area contributed by atoms with Crippen molar-refractivity contribution in [2.24, 2.45) is 15.5 Å². The van der Waals surface area contributed by atoms with E-state index in [0.717, 1.165) is 87.4 Å². The molecule has 86 heavy (non-hydrogen) atoms. The fourth-order valence-electron chi connectivity index (χ4n) is 10.5. The van der Waals surface area contributed by atoms with Gasteiger partial charge in [-0.25, -0.2) is 0 Å². The minimum atomic E-state index is 0. The van der Waals surface area contributed by atoms with Crippen molar-refractivity contribution >= 4 is 87.3 Å². The smallest absolute Gasteiger partial charge is 0.129 e. The van der Waals surface area contributed by atoms with Crippen LogP contribution in [-0.2, 0) is 31.8 Å². The van der Waals surface area contributed by atoms with Crippen molar-refractivity contribution in [3.8, 4) is 0 Å². The average molecular weight is 1210 g/mol. The SMILES string of the molecule is C.C.C.CN(C)CCO/N=C(/c1ccc(CS)cc1)c1cccc2ccccc12.SCc1ccc(/C(=N/OCCN2CCCC2)c2cccc3ccccc23)cc1.SCc1ccc(/C(=N/OCCN2CCCCC2)c2cccc3ccccc23)cc1. The largest absolute Gasteiger partial charge is 0.394 e. The molecule has 0 aliphatic carbocycles. The van der Waals surface area contributed by atoms with Gasteiger partial charge in [-0.05, 0) is 115 Å². The number of hydrogen-bond acceptors (Lipinski definition) is 12. The van der Waals surface area contributed by atoms with Gasteiger partial charge >= 0.3 is 0 Å².